The molecule has 7 heteroatoms. The van der Waals surface area contributed by atoms with Crippen LogP contribution >= 0.6 is 11.3 Å². The quantitative estimate of drug-likeness (QED) is 0.900. The molecule has 3 rings (SSSR count). The van der Waals surface area contributed by atoms with Crippen LogP contribution in [0.1, 0.15) is 37.4 Å². The summed E-state index contributed by atoms with van der Waals surface area (Å²) < 4.78 is 2.04. The molecule has 1 saturated heterocycles. The number of hydrogen-bond acceptors (Lipinski definition) is 4. The van der Waals surface area contributed by atoms with Crippen LogP contribution in [0.3, 0.4) is 0 Å². The van der Waals surface area contributed by atoms with Gasteiger partial charge in [0, 0.05) is 25.5 Å². The SMILES string of the molecule is Cc1nc(CC(C)C)c(NC(=O)N2CCC[C@@H]2Cn2ccnc2)s1. The van der Waals surface area contributed by atoms with Gasteiger partial charge in [-0.15, -0.1) is 11.3 Å². The monoisotopic (exact) mass is 347 g/mol. The molecule has 2 aromatic rings. The third-order valence-electron chi connectivity index (χ3n) is 4.25. The van der Waals surface area contributed by atoms with Gasteiger partial charge in [0.1, 0.15) is 5.00 Å². The Kier molecular flexibility index (Phi) is 5.18. The topological polar surface area (TPSA) is 63.1 Å². The van der Waals surface area contributed by atoms with E-state index in [0.29, 0.717) is 5.92 Å². The highest BCUT2D eigenvalue weighted by molar-refractivity contribution is 7.16. The predicted molar refractivity (Wildman–Crippen MR) is 96.4 cm³/mol. The molecule has 130 valence electrons. The summed E-state index contributed by atoms with van der Waals surface area (Å²) in [5.41, 5.74) is 1.01. The Morgan fingerprint density at radius 3 is 3.04 bits per heavy atom. The van der Waals surface area contributed by atoms with Crippen molar-refractivity contribution in [1.82, 2.24) is 19.4 Å². The van der Waals surface area contributed by atoms with Crippen molar-refractivity contribution in [2.75, 3.05) is 11.9 Å². The normalized spacial score (nSPS) is 17.7. The van der Waals surface area contributed by atoms with Crippen LogP contribution in [0.25, 0.3) is 0 Å². The van der Waals surface area contributed by atoms with Crippen molar-refractivity contribution in [3.05, 3.63) is 29.4 Å². The number of urea groups is 1. The van der Waals surface area contributed by atoms with Crippen LogP contribution in [0.4, 0.5) is 9.80 Å². The molecule has 0 aliphatic carbocycles. The van der Waals surface area contributed by atoms with Crippen molar-refractivity contribution in [2.45, 2.75) is 52.6 Å². The van der Waals surface area contributed by atoms with Gasteiger partial charge in [0.2, 0.25) is 0 Å². The first-order chi connectivity index (χ1) is 11.5. The minimum absolute atomic E-state index is 0.00808. The molecular weight excluding hydrogens is 322 g/mol. The maximum Gasteiger partial charge on any atom is 0.322 e. The number of nitrogens with one attached hydrogen (secondary N) is 1. The van der Waals surface area contributed by atoms with Gasteiger partial charge in [-0.2, -0.15) is 0 Å². The van der Waals surface area contributed by atoms with Crippen molar-refractivity contribution < 1.29 is 4.79 Å². The van der Waals surface area contributed by atoms with E-state index in [1.165, 1.54) is 0 Å². The van der Waals surface area contributed by atoms with Crippen LogP contribution in [-0.2, 0) is 13.0 Å². The van der Waals surface area contributed by atoms with Crippen LogP contribution in [0.2, 0.25) is 0 Å². The largest absolute Gasteiger partial charge is 0.335 e. The molecule has 1 aliphatic rings. The molecule has 0 saturated carbocycles. The first-order valence-corrected chi connectivity index (χ1v) is 9.34. The van der Waals surface area contributed by atoms with E-state index in [1.807, 2.05) is 28.9 Å². The maximum absolute atomic E-state index is 12.8. The lowest BCUT2D eigenvalue weighted by Gasteiger charge is -2.25. The van der Waals surface area contributed by atoms with Crippen molar-refractivity contribution in [2.24, 2.45) is 5.92 Å². The Labute approximate surface area is 146 Å². The van der Waals surface area contributed by atoms with Gasteiger partial charge in [-0.1, -0.05) is 13.8 Å². The zero-order chi connectivity index (χ0) is 17.1. The molecule has 0 radical (unpaired) electrons. The highest BCUT2D eigenvalue weighted by atomic mass is 32.1. The lowest BCUT2D eigenvalue weighted by Crippen LogP contribution is -2.40. The van der Waals surface area contributed by atoms with Crippen LogP contribution in [0.15, 0.2) is 18.7 Å². The average Bonchev–Trinajstić information content (AvgIpc) is 3.22. The Hall–Kier alpha value is -1.89. The highest BCUT2D eigenvalue weighted by Crippen LogP contribution is 2.28. The Bertz CT molecular complexity index is 679. The second-order valence-corrected chi connectivity index (χ2v) is 7.99. The summed E-state index contributed by atoms with van der Waals surface area (Å²) in [5.74, 6) is 0.517. The number of carbonyl (C=O) groups excluding carboxylic acids is 1. The van der Waals surface area contributed by atoms with E-state index < -0.39 is 0 Å². The number of rotatable bonds is 5. The van der Waals surface area contributed by atoms with E-state index in [0.717, 1.165) is 48.1 Å². The summed E-state index contributed by atoms with van der Waals surface area (Å²) in [4.78, 5) is 23.4. The first-order valence-electron chi connectivity index (χ1n) is 8.52. The third kappa shape index (κ3) is 3.95. The van der Waals surface area contributed by atoms with Crippen molar-refractivity contribution in [3.8, 4) is 0 Å². The van der Waals surface area contributed by atoms with E-state index in [1.54, 1.807) is 17.5 Å². The van der Waals surface area contributed by atoms with Crippen LogP contribution in [0, 0.1) is 12.8 Å². The minimum atomic E-state index is -0.00808. The molecule has 1 atom stereocenters. The molecule has 0 aromatic carbocycles. The number of anilines is 1. The second kappa shape index (κ2) is 7.34. The number of hydrogen-bond donors (Lipinski definition) is 1. The number of aromatic nitrogens is 3. The third-order valence-corrected chi connectivity index (χ3v) is 5.17. The fourth-order valence-corrected chi connectivity index (χ4v) is 4.03. The van der Waals surface area contributed by atoms with Crippen molar-refractivity contribution >= 4 is 22.4 Å². The maximum atomic E-state index is 12.8. The van der Waals surface area contributed by atoms with Gasteiger partial charge in [-0.25, -0.2) is 14.8 Å². The number of nitrogens with zero attached hydrogens (tertiary/aromatic N) is 4. The molecule has 24 heavy (non-hydrogen) atoms. The summed E-state index contributed by atoms with van der Waals surface area (Å²) in [7, 11) is 0. The van der Waals surface area contributed by atoms with Crippen molar-refractivity contribution in [1.29, 1.82) is 0 Å². The highest BCUT2D eigenvalue weighted by Gasteiger charge is 2.29. The number of aryl methyl sites for hydroxylation is 1. The fraction of sp³-hybridized carbons (Fsp3) is 0.588. The zero-order valence-electron chi connectivity index (χ0n) is 14.5. The Balaban J connectivity index is 1.68. The summed E-state index contributed by atoms with van der Waals surface area (Å²) >= 11 is 1.57. The molecule has 1 fully saturated rings. The number of imidazole rings is 1. The summed E-state index contributed by atoms with van der Waals surface area (Å²) in [5, 5.41) is 5.01. The minimum Gasteiger partial charge on any atom is -0.335 e. The van der Waals surface area contributed by atoms with E-state index in [4.69, 9.17) is 0 Å². The van der Waals surface area contributed by atoms with E-state index in [-0.39, 0.29) is 12.1 Å². The van der Waals surface area contributed by atoms with Gasteiger partial charge in [0.15, 0.2) is 0 Å². The molecule has 1 N–H and O–H groups in total. The molecule has 2 aromatic heterocycles. The van der Waals surface area contributed by atoms with Gasteiger partial charge >= 0.3 is 6.03 Å². The number of thiazole rings is 1. The zero-order valence-corrected chi connectivity index (χ0v) is 15.3. The van der Waals surface area contributed by atoms with E-state index >= 15 is 0 Å². The van der Waals surface area contributed by atoms with E-state index in [2.05, 4.69) is 29.1 Å². The molecule has 6 nitrogen and oxygen atoms in total. The molecule has 1 aliphatic heterocycles. The van der Waals surface area contributed by atoms with Crippen LogP contribution in [-0.4, -0.2) is 38.1 Å². The van der Waals surface area contributed by atoms with Gasteiger partial charge in [0.05, 0.1) is 23.1 Å². The standard InChI is InChI=1S/C17H25N5OS/c1-12(2)9-15-16(24-13(3)19-15)20-17(23)22-7-4-5-14(22)10-21-8-6-18-11-21/h6,8,11-12,14H,4-5,7,9-10H2,1-3H3,(H,20,23)/t14-/m1/s1. The van der Waals surface area contributed by atoms with Gasteiger partial charge in [-0.3, -0.25) is 5.32 Å². The molecule has 0 bridgehead atoms. The van der Waals surface area contributed by atoms with Gasteiger partial charge < -0.3 is 9.47 Å². The fourth-order valence-electron chi connectivity index (χ4n) is 3.19. The van der Waals surface area contributed by atoms with Crippen molar-refractivity contribution in [3.63, 3.8) is 0 Å². The Morgan fingerprint density at radius 2 is 2.33 bits per heavy atom. The average molecular weight is 347 g/mol. The second-order valence-electron chi connectivity index (χ2n) is 6.79. The lowest BCUT2D eigenvalue weighted by atomic mass is 10.1. The molecule has 2 amide bonds. The molecule has 0 spiro atoms. The summed E-state index contributed by atoms with van der Waals surface area (Å²) in [6.45, 7) is 7.93. The summed E-state index contributed by atoms with van der Waals surface area (Å²) in [6, 6.07) is 0.216. The van der Waals surface area contributed by atoms with E-state index in [9.17, 15) is 4.79 Å². The lowest BCUT2D eigenvalue weighted by molar-refractivity contribution is 0.201. The first kappa shape index (κ1) is 17.0. The van der Waals surface area contributed by atoms with Crippen LogP contribution < -0.4 is 5.32 Å². The molecular formula is C17H25N5OS. The predicted octanol–water partition coefficient (Wildman–Crippen LogP) is 3.54. The smallest absolute Gasteiger partial charge is 0.322 e. The van der Waals surface area contributed by atoms with Gasteiger partial charge in [0.25, 0.3) is 0 Å². The number of amides is 2. The van der Waals surface area contributed by atoms with Crippen LogP contribution in [0.5, 0.6) is 0 Å². The number of carbonyl (C=O) groups is 1. The van der Waals surface area contributed by atoms with Gasteiger partial charge in [-0.05, 0) is 32.1 Å². The molecule has 3 heterocycles. The Morgan fingerprint density at radius 1 is 1.50 bits per heavy atom. The summed E-state index contributed by atoms with van der Waals surface area (Å²) in [6.07, 6.45) is 8.50. The molecule has 0 unspecified atom stereocenters. The number of likely N-dealkylation sites (tertiary alicyclic amines) is 1.